The van der Waals surface area contributed by atoms with Crippen LogP contribution in [0.15, 0.2) is 12.1 Å². The van der Waals surface area contributed by atoms with Crippen molar-refractivity contribution in [2.75, 3.05) is 20.1 Å². The highest BCUT2D eigenvalue weighted by molar-refractivity contribution is 7.12. The van der Waals surface area contributed by atoms with Crippen LogP contribution in [0.3, 0.4) is 0 Å². The second kappa shape index (κ2) is 8.30. The van der Waals surface area contributed by atoms with Crippen molar-refractivity contribution in [2.45, 2.75) is 39.3 Å². The van der Waals surface area contributed by atoms with E-state index in [1.807, 2.05) is 12.1 Å². The molecule has 0 aliphatic carbocycles. The van der Waals surface area contributed by atoms with Gasteiger partial charge < -0.3 is 15.3 Å². The molecule has 0 aliphatic heterocycles. The van der Waals surface area contributed by atoms with Gasteiger partial charge in [-0.25, -0.2) is 0 Å². The van der Waals surface area contributed by atoms with Crippen LogP contribution in [0.2, 0.25) is 0 Å². The molecule has 108 valence electrons. The van der Waals surface area contributed by atoms with Crippen molar-refractivity contribution in [2.24, 2.45) is 0 Å². The SMILES string of the molecule is CC(C)N(C)CCCNCc1ccc(CC(=O)O)s1. The van der Waals surface area contributed by atoms with E-state index < -0.39 is 5.97 Å². The quantitative estimate of drug-likeness (QED) is 0.683. The summed E-state index contributed by atoms with van der Waals surface area (Å²) in [5.74, 6) is -0.766. The molecule has 5 heteroatoms. The number of aliphatic carboxylic acids is 1. The van der Waals surface area contributed by atoms with Gasteiger partial charge in [-0.3, -0.25) is 4.79 Å². The molecule has 0 unspecified atom stereocenters. The summed E-state index contributed by atoms with van der Waals surface area (Å²) in [5, 5.41) is 12.1. The van der Waals surface area contributed by atoms with Gasteiger partial charge in [0.1, 0.15) is 0 Å². The third kappa shape index (κ3) is 6.71. The second-order valence-electron chi connectivity index (χ2n) is 5.04. The van der Waals surface area contributed by atoms with Gasteiger partial charge in [-0.2, -0.15) is 0 Å². The fourth-order valence-corrected chi connectivity index (χ4v) is 2.66. The van der Waals surface area contributed by atoms with Crippen LogP contribution >= 0.6 is 11.3 Å². The maximum atomic E-state index is 10.6. The minimum atomic E-state index is -0.766. The number of nitrogens with zero attached hydrogens (tertiary/aromatic N) is 1. The van der Waals surface area contributed by atoms with Crippen molar-refractivity contribution >= 4 is 17.3 Å². The van der Waals surface area contributed by atoms with Gasteiger partial charge in [0.05, 0.1) is 6.42 Å². The van der Waals surface area contributed by atoms with Gasteiger partial charge in [-0.05, 0) is 52.5 Å². The normalized spacial score (nSPS) is 11.4. The Morgan fingerprint density at radius 3 is 2.74 bits per heavy atom. The Labute approximate surface area is 119 Å². The molecule has 1 aromatic rings. The van der Waals surface area contributed by atoms with E-state index in [0.717, 1.165) is 30.9 Å². The number of thiophene rings is 1. The lowest BCUT2D eigenvalue weighted by atomic mass is 10.3. The highest BCUT2D eigenvalue weighted by Crippen LogP contribution is 2.16. The molecule has 1 rings (SSSR count). The molecule has 0 saturated heterocycles. The Morgan fingerprint density at radius 1 is 1.42 bits per heavy atom. The van der Waals surface area contributed by atoms with Crippen LogP contribution in [0.4, 0.5) is 0 Å². The molecule has 0 aliphatic rings. The summed E-state index contributed by atoms with van der Waals surface area (Å²) in [4.78, 5) is 15.0. The van der Waals surface area contributed by atoms with Crippen molar-refractivity contribution in [3.8, 4) is 0 Å². The molecule has 0 fully saturated rings. The van der Waals surface area contributed by atoms with E-state index >= 15 is 0 Å². The van der Waals surface area contributed by atoms with Crippen molar-refractivity contribution < 1.29 is 9.90 Å². The van der Waals surface area contributed by atoms with Crippen LogP contribution in [-0.4, -0.2) is 42.2 Å². The van der Waals surface area contributed by atoms with Crippen LogP contribution in [0.5, 0.6) is 0 Å². The molecule has 1 aromatic heterocycles. The summed E-state index contributed by atoms with van der Waals surface area (Å²) in [5.41, 5.74) is 0. The molecule has 1 heterocycles. The first kappa shape index (κ1) is 16.1. The van der Waals surface area contributed by atoms with E-state index in [2.05, 4.69) is 31.1 Å². The summed E-state index contributed by atoms with van der Waals surface area (Å²) >= 11 is 1.58. The predicted octanol–water partition coefficient (Wildman–Crippen LogP) is 2.20. The molecule has 0 atom stereocenters. The van der Waals surface area contributed by atoms with Gasteiger partial charge in [-0.15, -0.1) is 11.3 Å². The van der Waals surface area contributed by atoms with Gasteiger partial charge in [0.25, 0.3) is 0 Å². The fraction of sp³-hybridized carbons (Fsp3) is 0.643. The zero-order valence-corrected chi connectivity index (χ0v) is 12.8. The Hall–Kier alpha value is -0.910. The van der Waals surface area contributed by atoms with E-state index in [1.54, 1.807) is 11.3 Å². The van der Waals surface area contributed by atoms with Crippen LogP contribution in [0.1, 0.15) is 30.0 Å². The lowest BCUT2D eigenvalue weighted by Gasteiger charge is -2.20. The van der Waals surface area contributed by atoms with Crippen LogP contribution in [-0.2, 0) is 17.8 Å². The number of hydrogen-bond acceptors (Lipinski definition) is 4. The highest BCUT2D eigenvalue weighted by atomic mass is 32.1. The predicted molar refractivity (Wildman–Crippen MR) is 79.7 cm³/mol. The van der Waals surface area contributed by atoms with Crippen molar-refractivity contribution in [1.82, 2.24) is 10.2 Å². The molecular weight excluding hydrogens is 260 g/mol. The summed E-state index contributed by atoms with van der Waals surface area (Å²) in [7, 11) is 2.14. The van der Waals surface area contributed by atoms with Crippen LogP contribution in [0, 0.1) is 0 Å². The van der Waals surface area contributed by atoms with Crippen molar-refractivity contribution in [3.63, 3.8) is 0 Å². The second-order valence-corrected chi connectivity index (χ2v) is 6.30. The summed E-state index contributed by atoms with van der Waals surface area (Å²) < 4.78 is 0. The average molecular weight is 284 g/mol. The van der Waals surface area contributed by atoms with Crippen LogP contribution < -0.4 is 5.32 Å². The Bertz CT molecular complexity index is 391. The van der Waals surface area contributed by atoms with Crippen molar-refractivity contribution in [1.29, 1.82) is 0 Å². The van der Waals surface area contributed by atoms with Gasteiger partial charge in [0.15, 0.2) is 0 Å². The number of carbonyl (C=O) groups is 1. The van der Waals surface area contributed by atoms with E-state index in [1.165, 1.54) is 4.88 Å². The van der Waals surface area contributed by atoms with E-state index in [4.69, 9.17) is 5.11 Å². The summed E-state index contributed by atoms with van der Waals surface area (Å²) in [6, 6.07) is 4.51. The zero-order chi connectivity index (χ0) is 14.3. The van der Waals surface area contributed by atoms with Gasteiger partial charge in [-0.1, -0.05) is 0 Å². The molecule has 4 nitrogen and oxygen atoms in total. The number of rotatable bonds is 9. The van der Waals surface area contributed by atoms with Gasteiger partial charge in [0, 0.05) is 22.3 Å². The third-order valence-electron chi connectivity index (χ3n) is 3.09. The first-order valence-corrected chi connectivity index (χ1v) is 7.51. The minimum Gasteiger partial charge on any atom is -0.481 e. The molecule has 0 radical (unpaired) electrons. The molecule has 0 amide bonds. The Kier molecular flexibility index (Phi) is 7.05. The largest absolute Gasteiger partial charge is 0.481 e. The Morgan fingerprint density at radius 2 is 2.11 bits per heavy atom. The van der Waals surface area contributed by atoms with Gasteiger partial charge in [0.2, 0.25) is 0 Å². The fourth-order valence-electron chi connectivity index (χ4n) is 1.68. The topological polar surface area (TPSA) is 52.6 Å². The number of hydrogen-bond donors (Lipinski definition) is 2. The molecule has 0 spiro atoms. The number of carboxylic acid groups (broad SMARTS) is 1. The summed E-state index contributed by atoms with van der Waals surface area (Å²) in [6.45, 7) is 7.31. The first-order valence-electron chi connectivity index (χ1n) is 6.69. The third-order valence-corrected chi connectivity index (χ3v) is 4.17. The lowest BCUT2D eigenvalue weighted by molar-refractivity contribution is -0.136. The minimum absolute atomic E-state index is 0.129. The molecule has 0 aromatic carbocycles. The van der Waals surface area contributed by atoms with E-state index in [-0.39, 0.29) is 6.42 Å². The number of nitrogens with one attached hydrogen (secondary N) is 1. The highest BCUT2D eigenvalue weighted by Gasteiger charge is 2.05. The average Bonchev–Trinajstić information content (AvgIpc) is 2.75. The monoisotopic (exact) mass is 284 g/mol. The summed E-state index contributed by atoms with van der Waals surface area (Å²) in [6.07, 6.45) is 1.26. The number of carboxylic acids is 1. The van der Waals surface area contributed by atoms with E-state index in [9.17, 15) is 4.79 Å². The zero-order valence-electron chi connectivity index (χ0n) is 12.0. The Balaban J connectivity index is 2.15. The van der Waals surface area contributed by atoms with Crippen molar-refractivity contribution in [3.05, 3.63) is 21.9 Å². The maximum Gasteiger partial charge on any atom is 0.308 e. The lowest BCUT2D eigenvalue weighted by Crippen LogP contribution is -2.29. The smallest absolute Gasteiger partial charge is 0.308 e. The van der Waals surface area contributed by atoms with E-state index in [0.29, 0.717) is 6.04 Å². The van der Waals surface area contributed by atoms with Crippen LogP contribution in [0.25, 0.3) is 0 Å². The van der Waals surface area contributed by atoms with Gasteiger partial charge >= 0.3 is 5.97 Å². The molecule has 19 heavy (non-hydrogen) atoms. The molecule has 0 bridgehead atoms. The first-order chi connectivity index (χ1) is 8.99. The standard InChI is InChI=1S/C14H24N2O2S/c1-11(2)16(3)8-4-7-15-10-13-6-5-12(19-13)9-14(17)18/h5-6,11,15H,4,7-10H2,1-3H3,(H,17,18). The molecule has 2 N–H and O–H groups in total. The maximum absolute atomic E-state index is 10.6. The molecular formula is C14H24N2O2S. The molecule has 0 saturated carbocycles.